The second-order valence-electron chi connectivity index (χ2n) is 1.81. The van der Waals surface area contributed by atoms with E-state index >= 15 is 0 Å². The molecule has 0 saturated carbocycles. The van der Waals surface area contributed by atoms with E-state index in [9.17, 15) is 10.1 Å². The molecule has 60 valence electrons. The van der Waals surface area contributed by atoms with Crippen LogP contribution in [0.25, 0.3) is 0 Å². The Hall–Kier alpha value is -1.65. The number of hydrogen-bond donors (Lipinski definition) is 0. The van der Waals surface area contributed by atoms with E-state index in [1.165, 1.54) is 18.3 Å². The fraction of sp³-hybridized carbons (Fsp3) is 0. The molecule has 0 N–H and O–H groups in total. The van der Waals surface area contributed by atoms with Gasteiger partial charge in [0.1, 0.15) is 0 Å². The minimum absolute atomic E-state index is 0.0162. The molecule has 0 atom stereocenters. The Balaban J connectivity index is 3.26. The Morgan fingerprint density at radius 2 is 2.50 bits per heavy atom. The average Bonchev–Trinajstić information content (AvgIpc) is 2.05. The minimum Gasteiger partial charge on any atom is -0.258 e. The third kappa shape index (κ3) is 1.69. The normalized spacial score (nSPS) is 8.67. The topological polar surface area (TPSA) is 68.4 Å². The number of pyridine rings is 1. The lowest BCUT2D eigenvalue weighted by Gasteiger charge is -1.91. The summed E-state index contributed by atoms with van der Waals surface area (Å²) in [5.74, 6) is -0.0162. The van der Waals surface area contributed by atoms with Crippen LogP contribution in [-0.4, -0.2) is 15.1 Å². The van der Waals surface area contributed by atoms with Crippen LogP contribution in [0.1, 0.15) is 0 Å². The molecule has 0 aromatic carbocycles. The highest BCUT2D eigenvalue weighted by molar-refractivity contribution is 7.78. The van der Waals surface area contributed by atoms with Crippen LogP contribution in [0, 0.1) is 10.1 Å². The van der Waals surface area contributed by atoms with Crippen LogP contribution >= 0.6 is 12.2 Å². The molecule has 0 saturated heterocycles. The summed E-state index contributed by atoms with van der Waals surface area (Å²) in [4.78, 5) is 16.9. The first-order valence-corrected chi connectivity index (χ1v) is 3.34. The number of nitro groups is 1. The van der Waals surface area contributed by atoms with Gasteiger partial charge in [-0.3, -0.25) is 10.1 Å². The van der Waals surface area contributed by atoms with Crippen molar-refractivity contribution >= 4 is 28.9 Å². The predicted octanol–water partition coefficient (Wildman–Crippen LogP) is 1.72. The van der Waals surface area contributed by atoms with Crippen LogP contribution in [0.15, 0.2) is 23.3 Å². The van der Waals surface area contributed by atoms with Gasteiger partial charge >= 0.3 is 5.69 Å². The number of isothiocyanates is 1. The summed E-state index contributed by atoms with van der Waals surface area (Å²) < 4.78 is 0. The first-order valence-electron chi connectivity index (χ1n) is 2.93. The van der Waals surface area contributed by atoms with Gasteiger partial charge in [-0.2, -0.15) is 4.99 Å². The molecule has 0 bridgehead atoms. The molecular weight excluding hydrogens is 178 g/mol. The maximum absolute atomic E-state index is 10.3. The fourth-order valence-electron chi connectivity index (χ4n) is 0.660. The summed E-state index contributed by atoms with van der Waals surface area (Å²) in [7, 11) is 0. The molecule has 1 heterocycles. The van der Waals surface area contributed by atoms with E-state index in [2.05, 4.69) is 22.2 Å². The highest BCUT2D eigenvalue weighted by atomic mass is 32.1. The zero-order valence-corrected chi connectivity index (χ0v) is 6.61. The third-order valence-electron chi connectivity index (χ3n) is 1.11. The zero-order chi connectivity index (χ0) is 8.97. The maximum Gasteiger partial charge on any atom is 0.314 e. The van der Waals surface area contributed by atoms with E-state index in [0.29, 0.717) is 0 Å². The first-order chi connectivity index (χ1) is 5.75. The van der Waals surface area contributed by atoms with Gasteiger partial charge in [0.25, 0.3) is 0 Å². The van der Waals surface area contributed by atoms with Crippen molar-refractivity contribution in [2.45, 2.75) is 0 Å². The minimum atomic E-state index is -0.571. The smallest absolute Gasteiger partial charge is 0.258 e. The lowest BCUT2D eigenvalue weighted by Crippen LogP contribution is -1.89. The number of aromatic nitrogens is 1. The van der Waals surface area contributed by atoms with Crippen molar-refractivity contribution in [1.29, 1.82) is 0 Å². The highest BCUT2D eigenvalue weighted by Crippen LogP contribution is 2.22. The molecule has 1 aromatic rings. The fourth-order valence-corrected chi connectivity index (χ4v) is 0.747. The van der Waals surface area contributed by atoms with Crippen molar-refractivity contribution in [2.75, 3.05) is 0 Å². The quantitative estimate of drug-likeness (QED) is 0.301. The van der Waals surface area contributed by atoms with E-state index in [0.717, 1.165) is 0 Å². The summed E-state index contributed by atoms with van der Waals surface area (Å²) in [6, 6.07) is 2.76. The third-order valence-corrected chi connectivity index (χ3v) is 1.21. The van der Waals surface area contributed by atoms with E-state index in [1.807, 2.05) is 5.16 Å². The lowest BCUT2D eigenvalue weighted by atomic mass is 10.4. The van der Waals surface area contributed by atoms with Crippen molar-refractivity contribution in [3.63, 3.8) is 0 Å². The standard InChI is InChI=1S/C6H3N3O2S/c10-9(11)5-2-1-3-7-6(5)8-4-12/h1-3H. The zero-order valence-electron chi connectivity index (χ0n) is 5.80. The van der Waals surface area contributed by atoms with Gasteiger partial charge in [0.2, 0.25) is 5.82 Å². The van der Waals surface area contributed by atoms with Gasteiger partial charge in [0, 0.05) is 12.3 Å². The van der Waals surface area contributed by atoms with Gasteiger partial charge in [0.05, 0.1) is 10.1 Å². The van der Waals surface area contributed by atoms with Crippen molar-refractivity contribution < 1.29 is 4.92 Å². The molecular formula is C6H3N3O2S. The van der Waals surface area contributed by atoms with Gasteiger partial charge in [-0.1, -0.05) is 0 Å². The SMILES string of the molecule is O=[N+]([O-])c1cccnc1N=C=S. The number of thiocarbonyl (C=S) groups is 1. The Kier molecular flexibility index (Phi) is 2.57. The summed E-state index contributed by atoms with van der Waals surface area (Å²) in [5, 5.41) is 12.4. The lowest BCUT2D eigenvalue weighted by molar-refractivity contribution is -0.384. The Morgan fingerprint density at radius 3 is 3.08 bits per heavy atom. The summed E-state index contributed by atoms with van der Waals surface area (Å²) in [6.07, 6.45) is 1.40. The van der Waals surface area contributed by atoms with Crippen molar-refractivity contribution in [3.05, 3.63) is 28.4 Å². The number of nitrogens with zero attached hydrogens (tertiary/aromatic N) is 3. The van der Waals surface area contributed by atoms with E-state index in [1.54, 1.807) is 0 Å². The van der Waals surface area contributed by atoms with Gasteiger partial charge < -0.3 is 0 Å². The summed E-state index contributed by atoms with van der Waals surface area (Å²) >= 11 is 4.30. The van der Waals surface area contributed by atoms with Crippen LogP contribution in [0.2, 0.25) is 0 Å². The molecule has 0 aliphatic rings. The summed E-state index contributed by atoms with van der Waals surface area (Å²) in [5.41, 5.74) is -0.171. The van der Waals surface area contributed by atoms with E-state index < -0.39 is 4.92 Å². The molecule has 5 nitrogen and oxygen atoms in total. The van der Waals surface area contributed by atoms with Gasteiger partial charge in [-0.05, 0) is 18.3 Å². The molecule has 0 amide bonds. The molecule has 0 unspecified atom stereocenters. The second kappa shape index (κ2) is 3.66. The first kappa shape index (κ1) is 8.45. The molecule has 0 fully saturated rings. The number of aliphatic imine (C=N–C) groups is 1. The Labute approximate surface area is 72.9 Å². The molecule has 6 heteroatoms. The number of rotatable bonds is 2. The van der Waals surface area contributed by atoms with Gasteiger partial charge in [-0.15, -0.1) is 0 Å². The predicted molar refractivity (Wildman–Crippen MR) is 45.6 cm³/mol. The van der Waals surface area contributed by atoms with Gasteiger partial charge in [-0.25, -0.2) is 4.98 Å². The van der Waals surface area contributed by atoms with Crippen LogP contribution in [0.4, 0.5) is 11.5 Å². The maximum atomic E-state index is 10.3. The largest absolute Gasteiger partial charge is 0.314 e. The van der Waals surface area contributed by atoms with E-state index in [-0.39, 0.29) is 11.5 Å². The summed E-state index contributed by atoms with van der Waals surface area (Å²) in [6.45, 7) is 0. The molecule has 0 aliphatic carbocycles. The molecule has 1 rings (SSSR count). The molecule has 0 radical (unpaired) electrons. The Bertz CT molecular complexity index is 339. The van der Waals surface area contributed by atoms with Crippen LogP contribution in [0.3, 0.4) is 0 Å². The molecule has 0 aliphatic heterocycles. The van der Waals surface area contributed by atoms with Crippen LogP contribution in [-0.2, 0) is 0 Å². The molecule has 0 spiro atoms. The van der Waals surface area contributed by atoms with E-state index in [4.69, 9.17) is 0 Å². The molecule has 12 heavy (non-hydrogen) atoms. The van der Waals surface area contributed by atoms with Crippen molar-refractivity contribution in [3.8, 4) is 0 Å². The highest BCUT2D eigenvalue weighted by Gasteiger charge is 2.11. The monoisotopic (exact) mass is 181 g/mol. The van der Waals surface area contributed by atoms with Crippen LogP contribution in [0.5, 0.6) is 0 Å². The van der Waals surface area contributed by atoms with Crippen molar-refractivity contribution in [1.82, 2.24) is 4.98 Å². The number of hydrogen-bond acceptors (Lipinski definition) is 5. The van der Waals surface area contributed by atoms with Crippen molar-refractivity contribution in [2.24, 2.45) is 4.99 Å². The molecule has 1 aromatic heterocycles. The van der Waals surface area contributed by atoms with Crippen LogP contribution < -0.4 is 0 Å². The second-order valence-corrected chi connectivity index (χ2v) is 1.99. The average molecular weight is 181 g/mol. The van der Waals surface area contributed by atoms with Gasteiger partial charge in [0.15, 0.2) is 0 Å². The Morgan fingerprint density at radius 1 is 1.75 bits per heavy atom.